The second kappa shape index (κ2) is 9.87. The van der Waals surface area contributed by atoms with Crippen LogP contribution in [0.4, 0.5) is 0 Å². The van der Waals surface area contributed by atoms with E-state index in [1.54, 1.807) is 11.3 Å². The Bertz CT molecular complexity index is 1130. The minimum Gasteiger partial charge on any atom is -0.376 e. The molecule has 2 saturated heterocycles. The SMILES string of the molecule is O=C(NC[C@@H]1CCCO1)C1CCN(C(=O)c2cc3sccc3n2Cc2ccc(Cl)cc2)CC1. The van der Waals surface area contributed by atoms with Crippen molar-refractivity contribution in [1.82, 2.24) is 14.8 Å². The van der Waals surface area contributed by atoms with Crippen LogP contribution in [0.15, 0.2) is 41.8 Å². The number of rotatable bonds is 6. The van der Waals surface area contributed by atoms with Gasteiger partial charge >= 0.3 is 0 Å². The Morgan fingerprint density at radius 1 is 1.12 bits per heavy atom. The Morgan fingerprint density at radius 2 is 1.91 bits per heavy atom. The highest BCUT2D eigenvalue weighted by Gasteiger charge is 2.30. The molecule has 0 bridgehead atoms. The molecule has 2 fully saturated rings. The van der Waals surface area contributed by atoms with Gasteiger partial charge in [-0.05, 0) is 60.9 Å². The molecule has 0 radical (unpaired) electrons. The number of carbonyl (C=O) groups is 2. The fraction of sp³-hybridized carbons (Fsp3) is 0.440. The van der Waals surface area contributed by atoms with Gasteiger partial charge in [0, 0.05) is 43.7 Å². The average Bonchev–Trinajstić information content (AvgIpc) is 3.58. The number of nitrogens with one attached hydrogen (secondary N) is 1. The molecule has 2 aliphatic rings. The van der Waals surface area contributed by atoms with Crippen molar-refractivity contribution >= 4 is 45.0 Å². The summed E-state index contributed by atoms with van der Waals surface area (Å²) in [5.74, 6) is 0.0783. The van der Waals surface area contributed by atoms with Gasteiger partial charge in [-0.3, -0.25) is 9.59 Å². The van der Waals surface area contributed by atoms with Crippen molar-refractivity contribution in [1.29, 1.82) is 0 Å². The summed E-state index contributed by atoms with van der Waals surface area (Å²) in [7, 11) is 0. The van der Waals surface area contributed by atoms with Crippen molar-refractivity contribution < 1.29 is 14.3 Å². The van der Waals surface area contributed by atoms with E-state index in [9.17, 15) is 9.59 Å². The van der Waals surface area contributed by atoms with E-state index >= 15 is 0 Å². The summed E-state index contributed by atoms with van der Waals surface area (Å²) in [6, 6.07) is 11.8. The summed E-state index contributed by atoms with van der Waals surface area (Å²) in [5.41, 5.74) is 2.87. The number of halogens is 1. The number of benzene rings is 1. The molecule has 1 aromatic carbocycles. The van der Waals surface area contributed by atoms with Crippen LogP contribution in [0.3, 0.4) is 0 Å². The Labute approximate surface area is 202 Å². The zero-order chi connectivity index (χ0) is 22.8. The van der Waals surface area contributed by atoms with Gasteiger partial charge < -0.3 is 19.5 Å². The van der Waals surface area contributed by atoms with E-state index in [0.29, 0.717) is 49.7 Å². The molecule has 0 spiro atoms. The topological polar surface area (TPSA) is 63.6 Å². The first-order chi connectivity index (χ1) is 16.1. The molecule has 0 unspecified atom stereocenters. The summed E-state index contributed by atoms with van der Waals surface area (Å²) in [5, 5.41) is 5.80. The van der Waals surface area contributed by atoms with Crippen molar-refractivity contribution in [3.8, 4) is 0 Å². The van der Waals surface area contributed by atoms with Crippen LogP contribution in [0.1, 0.15) is 41.7 Å². The van der Waals surface area contributed by atoms with Crippen LogP contribution in [0.2, 0.25) is 5.02 Å². The number of carbonyl (C=O) groups excluding carboxylic acids is 2. The van der Waals surface area contributed by atoms with E-state index in [0.717, 1.165) is 35.2 Å². The van der Waals surface area contributed by atoms with E-state index in [-0.39, 0.29) is 23.8 Å². The van der Waals surface area contributed by atoms with Gasteiger partial charge in [0.1, 0.15) is 5.69 Å². The molecule has 1 atom stereocenters. The highest BCUT2D eigenvalue weighted by Crippen LogP contribution is 2.28. The average molecular weight is 486 g/mol. The van der Waals surface area contributed by atoms with Crippen LogP contribution in [0.5, 0.6) is 0 Å². The fourth-order valence-corrected chi connectivity index (χ4v) is 5.72. The molecule has 174 valence electrons. The lowest BCUT2D eigenvalue weighted by atomic mass is 9.95. The second-order valence-electron chi connectivity index (χ2n) is 8.86. The molecule has 33 heavy (non-hydrogen) atoms. The van der Waals surface area contributed by atoms with Gasteiger partial charge in [-0.2, -0.15) is 0 Å². The van der Waals surface area contributed by atoms with Gasteiger partial charge in [0.25, 0.3) is 5.91 Å². The Morgan fingerprint density at radius 3 is 2.64 bits per heavy atom. The van der Waals surface area contributed by atoms with Crippen LogP contribution < -0.4 is 5.32 Å². The van der Waals surface area contributed by atoms with Gasteiger partial charge in [0.2, 0.25) is 5.91 Å². The van der Waals surface area contributed by atoms with Crippen LogP contribution in [0, 0.1) is 5.92 Å². The predicted octanol–water partition coefficient (Wildman–Crippen LogP) is 4.55. The fourth-order valence-electron chi connectivity index (χ4n) is 4.77. The maximum Gasteiger partial charge on any atom is 0.270 e. The summed E-state index contributed by atoms with van der Waals surface area (Å²) in [6.45, 7) is 3.18. The Balaban J connectivity index is 1.24. The molecule has 2 aromatic heterocycles. The Hall–Kier alpha value is -2.35. The first kappa shape index (κ1) is 22.4. The van der Waals surface area contributed by atoms with Crippen LogP contribution in [0.25, 0.3) is 10.2 Å². The van der Waals surface area contributed by atoms with Crippen LogP contribution >= 0.6 is 22.9 Å². The zero-order valence-electron chi connectivity index (χ0n) is 18.5. The smallest absolute Gasteiger partial charge is 0.270 e. The van der Waals surface area contributed by atoms with Gasteiger partial charge in [-0.15, -0.1) is 11.3 Å². The molecule has 2 aliphatic heterocycles. The molecular formula is C25H28ClN3O3S. The van der Waals surface area contributed by atoms with Crippen molar-refractivity contribution in [3.05, 3.63) is 58.1 Å². The van der Waals surface area contributed by atoms with Gasteiger partial charge in [-0.25, -0.2) is 0 Å². The number of hydrogen-bond donors (Lipinski definition) is 1. The second-order valence-corrected chi connectivity index (χ2v) is 10.2. The van der Waals surface area contributed by atoms with Crippen molar-refractivity contribution in [3.63, 3.8) is 0 Å². The first-order valence-corrected chi connectivity index (χ1v) is 12.8. The molecule has 3 aromatic rings. The quantitative estimate of drug-likeness (QED) is 0.557. The first-order valence-electron chi connectivity index (χ1n) is 11.6. The number of aromatic nitrogens is 1. The number of nitrogens with zero attached hydrogens (tertiary/aromatic N) is 2. The third-order valence-electron chi connectivity index (χ3n) is 6.68. The third-order valence-corrected chi connectivity index (χ3v) is 7.78. The number of thiophene rings is 1. The normalized spacial score (nSPS) is 19.3. The van der Waals surface area contributed by atoms with E-state index in [2.05, 4.69) is 21.3 Å². The van der Waals surface area contributed by atoms with Gasteiger partial charge in [-0.1, -0.05) is 23.7 Å². The van der Waals surface area contributed by atoms with E-state index in [1.165, 1.54) is 0 Å². The summed E-state index contributed by atoms with van der Waals surface area (Å²) in [4.78, 5) is 28.0. The number of piperidine rings is 1. The van der Waals surface area contributed by atoms with Crippen molar-refractivity contribution in [2.45, 2.75) is 38.3 Å². The molecule has 0 aliphatic carbocycles. The van der Waals surface area contributed by atoms with Gasteiger partial charge in [0.05, 0.1) is 16.3 Å². The molecule has 2 amide bonds. The molecule has 0 saturated carbocycles. The van der Waals surface area contributed by atoms with Crippen LogP contribution in [-0.4, -0.2) is 53.6 Å². The molecule has 8 heteroatoms. The van der Waals surface area contributed by atoms with Crippen LogP contribution in [-0.2, 0) is 16.1 Å². The molecule has 6 nitrogen and oxygen atoms in total. The monoisotopic (exact) mass is 485 g/mol. The number of amides is 2. The summed E-state index contributed by atoms with van der Waals surface area (Å²) >= 11 is 7.68. The van der Waals surface area contributed by atoms with Gasteiger partial charge in [0.15, 0.2) is 0 Å². The molecular weight excluding hydrogens is 458 g/mol. The number of fused-ring (bicyclic) bond motifs is 1. The summed E-state index contributed by atoms with van der Waals surface area (Å²) in [6.07, 6.45) is 3.61. The maximum atomic E-state index is 13.5. The highest BCUT2D eigenvalue weighted by atomic mass is 35.5. The lowest BCUT2D eigenvalue weighted by Gasteiger charge is -2.31. The minimum absolute atomic E-state index is 0.0329. The van der Waals surface area contributed by atoms with E-state index < -0.39 is 0 Å². The predicted molar refractivity (Wildman–Crippen MR) is 131 cm³/mol. The standard InChI is InChI=1S/C25H28ClN3O3S/c26-19-5-3-17(4-6-19)16-29-21-9-13-33-23(21)14-22(29)25(31)28-10-7-18(8-11-28)24(30)27-15-20-2-1-12-32-20/h3-6,9,13-14,18,20H,1-2,7-8,10-12,15-16H2,(H,27,30)/t20-/m0/s1. The molecule has 4 heterocycles. The minimum atomic E-state index is -0.0419. The third kappa shape index (κ3) is 4.95. The lowest BCUT2D eigenvalue weighted by molar-refractivity contribution is -0.126. The van der Waals surface area contributed by atoms with Crippen molar-refractivity contribution in [2.75, 3.05) is 26.2 Å². The largest absolute Gasteiger partial charge is 0.376 e. The lowest BCUT2D eigenvalue weighted by Crippen LogP contribution is -2.44. The van der Waals surface area contributed by atoms with Crippen molar-refractivity contribution in [2.24, 2.45) is 5.92 Å². The molecule has 1 N–H and O–H groups in total. The summed E-state index contributed by atoms with van der Waals surface area (Å²) < 4.78 is 8.79. The molecule has 5 rings (SSSR count). The number of hydrogen-bond acceptors (Lipinski definition) is 4. The highest BCUT2D eigenvalue weighted by molar-refractivity contribution is 7.17. The Kier molecular flexibility index (Phi) is 6.71. The van der Waals surface area contributed by atoms with E-state index in [4.69, 9.17) is 16.3 Å². The van der Waals surface area contributed by atoms with E-state index in [1.807, 2.05) is 35.2 Å². The maximum absolute atomic E-state index is 13.5. The number of likely N-dealkylation sites (tertiary alicyclic amines) is 1. The zero-order valence-corrected chi connectivity index (χ0v) is 20.0. The number of ether oxygens (including phenoxy) is 1.